The van der Waals surface area contributed by atoms with Crippen LogP contribution in [0.2, 0.25) is 15.1 Å². The van der Waals surface area contributed by atoms with Crippen molar-refractivity contribution in [2.24, 2.45) is 0 Å². The molecule has 274 valence electrons. The van der Waals surface area contributed by atoms with Crippen LogP contribution >= 0.6 is 34.8 Å². The number of hydrogen-bond donors (Lipinski definition) is 3. The van der Waals surface area contributed by atoms with E-state index in [9.17, 15) is 14.4 Å². The molecule has 5 rings (SSSR count). The zero-order valence-electron chi connectivity index (χ0n) is 30.2. The summed E-state index contributed by atoms with van der Waals surface area (Å²) >= 11 is 18.9. The molecule has 0 saturated heterocycles. The smallest absolute Gasteiger partial charge is 0.299 e. The number of aromatic nitrogens is 4. The van der Waals surface area contributed by atoms with Crippen LogP contribution in [0, 0.1) is 0 Å². The number of benzene rings is 3. The van der Waals surface area contributed by atoms with Crippen molar-refractivity contribution in [3.05, 3.63) is 115 Å². The number of anilines is 2. The molecule has 52 heavy (non-hydrogen) atoms. The molecule has 2 aromatic heterocycles. The SMILES string of the molecule is CCC(Oc1ccc(C(C)(C)CC)cc1C(C)(C)CC)C(=O)Nc1cccc(C(=O)Nc2[nH]n(-c3c(Cl)cc(Cl)cc3Cl)c(=O)c2-n2cccn2)c1. The molecule has 3 aromatic carbocycles. The van der Waals surface area contributed by atoms with Crippen LogP contribution in [0.3, 0.4) is 0 Å². The molecule has 0 aliphatic rings. The molecular weight excluding hydrogens is 723 g/mol. The summed E-state index contributed by atoms with van der Waals surface area (Å²) in [5.74, 6) is -0.199. The molecule has 5 aromatic rings. The van der Waals surface area contributed by atoms with Crippen molar-refractivity contribution < 1.29 is 14.3 Å². The Morgan fingerprint density at radius 3 is 2.19 bits per heavy atom. The number of ether oxygens (including phenoxy) is 1. The van der Waals surface area contributed by atoms with E-state index in [1.807, 2.05) is 13.0 Å². The van der Waals surface area contributed by atoms with Crippen molar-refractivity contribution in [3.8, 4) is 17.1 Å². The highest BCUT2D eigenvalue weighted by Crippen LogP contribution is 2.39. The Labute approximate surface area is 318 Å². The van der Waals surface area contributed by atoms with E-state index in [2.05, 4.69) is 74.5 Å². The summed E-state index contributed by atoms with van der Waals surface area (Å²) in [6.45, 7) is 15.0. The number of aromatic amines is 1. The summed E-state index contributed by atoms with van der Waals surface area (Å²) in [7, 11) is 0. The minimum Gasteiger partial charge on any atom is -0.480 e. The van der Waals surface area contributed by atoms with Gasteiger partial charge in [-0.1, -0.05) is 101 Å². The first-order valence-corrected chi connectivity index (χ1v) is 18.3. The first-order valence-electron chi connectivity index (χ1n) is 17.1. The van der Waals surface area contributed by atoms with Crippen LogP contribution in [-0.4, -0.2) is 37.5 Å². The van der Waals surface area contributed by atoms with E-state index in [0.717, 1.165) is 23.1 Å². The number of carbonyl (C=O) groups excluding carboxylic acids is 2. The Bertz CT molecular complexity index is 2130. The number of rotatable bonds is 13. The Balaban J connectivity index is 1.39. The van der Waals surface area contributed by atoms with Gasteiger partial charge < -0.3 is 15.4 Å². The Hall–Kier alpha value is -4.51. The summed E-state index contributed by atoms with van der Waals surface area (Å²) in [5, 5.41) is 13.3. The molecule has 10 nitrogen and oxygen atoms in total. The minimum absolute atomic E-state index is 0.00587. The van der Waals surface area contributed by atoms with Gasteiger partial charge >= 0.3 is 0 Å². The molecule has 0 fully saturated rings. The fraction of sp³-hybridized carbons (Fsp3) is 0.333. The lowest BCUT2D eigenvalue weighted by molar-refractivity contribution is -0.122. The highest BCUT2D eigenvalue weighted by Gasteiger charge is 2.29. The van der Waals surface area contributed by atoms with E-state index in [4.69, 9.17) is 39.5 Å². The van der Waals surface area contributed by atoms with Gasteiger partial charge in [-0.15, -0.1) is 0 Å². The number of halogens is 3. The quantitative estimate of drug-likeness (QED) is 0.110. The van der Waals surface area contributed by atoms with Crippen molar-refractivity contribution in [1.82, 2.24) is 19.6 Å². The second kappa shape index (κ2) is 15.6. The van der Waals surface area contributed by atoms with Gasteiger partial charge in [0.25, 0.3) is 17.4 Å². The van der Waals surface area contributed by atoms with Crippen molar-refractivity contribution in [2.45, 2.75) is 84.7 Å². The predicted molar refractivity (Wildman–Crippen MR) is 209 cm³/mol. The Morgan fingerprint density at radius 1 is 0.885 bits per heavy atom. The minimum atomic E-state index is -0.790. The van der Waals surface area contributed by atoms with Gasteiger partial charge in [0.15, 0.2) is 17.6 Å². The summed E-state index contributed by atoms with van der Waals surface area (Å²) < 4.78 is 8.86. The zero-order chi connectivity index (χ0) is 38.0. The lowest BCUT2D eigenvalue weighted by Crippen LogP contribution is -2.33. The van der Waals surface area contributed by atoms with Gasteiger partial charge in [-0.2, -0.15) is 5.10 Å². The molecule has 2 heterocycles. The largest absolute Gasteiger partial charge is 0.480 e. The van der Waals surface area contributed by atoms with Crippen LogP contribution in [0.25, 0.3) is 11.4 Å². The highest BCUT2D eigenvalue weighted by atomic mass is 35.5. The van der Waals surface area contributed by atoms with E-state index < -0.39 is 17.6 Å². The number of carbonyl (C=O) groups is 2. The van der Waals surface area contributed by atoms with Crippen LogP contribution in [0.1, 0.15) is 89.2 Å². The van der Waals surface area contributed by atoms with Gasteiger partial charge in [0.05, 0.1) is 10.0 Å². The maximum Gasteiger partial charge on any atom is 0.299 e. The van der Waals surface area contributed by atoms with Gasteiger partial charge in [0.2, 0.25) is 0 Å². The topological polar surface area (TPSA) is 123 Å². The van der Waals surface area contributed by atoms with Crippen molar-refractivity contribution in [3.63, 3.8) is 0 Å². The maximum atomic E-state index is 13.7. The zero-order valence-corrected chi connectivity index (χ0v) is 32.5. The number of nitrogens with one attached hydrogen (secondary N) is 3. The average molecular weight is 766 g/mol. The van der Waals surface area contributed by atoms with Gasteiger partial charge in [-0.25, -0.2) is 9.36 Å². The van der Waals surface area contributed by atoms with Crippen molar-refractivity contribution in [2.75, 3.05) is 10.6 Å². The third-order valence-corrected chi connectivity index (χ3v) is 10.4. The first kappa shape index (κ1) is 38.7. The van der Waals surface area contributed by atoms with E-state index in [0.29, 0.717) is 22.9 Å². The first-order chi connectivity index (χ1) is 24.6. The molecule has 3 N–H and O–H groups in total. The highest BCUT2D eigenvalue weighted by molar-refractivity contribution is 6.40. The molecule has 13 heteroatoms. The summed E-state index contributed by atoms with van der Waals surface area (Å²) in [6.07, 6.45) is 4.56. The Kier molecular flexibility index (Phi) is 11.6. The third-order valence-electron chi connectivity index (χ3n) is 9.63. The lowest BCUT2D eigenvalue weighted by atomic mass is 9.76. The normalized spacial score (nSPS) is 12.4. The lowest BCUT2D eigenvalue weighted by Gasteiger charge is -2.31. The molecule has 0 aliphatic carbocycles. The summed E-state index contributed by atoms with van der Waals surface area (Å²) in [5.41, 5.74) is 2.30. The van der Waals surface area contributed by atoms with Crippen molar-refractivity contribution in [1.29, 1.82) is 0 Å². The molecule has 0 radical (unpaired) electrons. The maximum absolute atomic E-state index is 13.7. The molecular formula is C39H43Cl3N6O4. The van der Waals surface area contributed by atoms with Crippen molar-refractivity contribution >= 4 is 58.1 Å². The summed E-state index contributed by atoms with van der Waals surface area (Å²) in [6, 6.07) is 17.3. The van der Waals surface area contributed by atoms with Crippen LogP contribution < -0.4 is 20.9 Å². The van der Waals surface area contributed by atoms with Crippen LogP contribution in [0.15, 0.2) is 77.9 Å². The third kappa shape index (κ3) is 8.09. The number of nitrogens with zero attached hydrogens (tertiary/aromatic N) is 3. The molecule has 2 amide bonds. The Morgan fingerprint density at radius 2 is 1.58 bits per heavy atom. The number of H-pyrrole nitrogens is 1. The van der Waals surface area contributed by atoms with Gasteiger partial charge in [-0.05, 0) is 78.1 Å². The van der Waals surface area contributed by atoms with Gasteiger partial charge in [-0.3, -0.25) is 19.5 Å². The molecule has 0 spiro atoms. The predicted octanol–water partition coefficient (Wildman–Crippen LogP) is 9.74. The molecule has 1 atom stereocenters. The fourth-order valence-electron chi connectivity index (χ4n) is 5.63. The average Bonchev–Trinajstić information content (AvgIpc) is 3.74. The van der Waals surface area contributed by atoms with Gasteiger partial charge in [0.1, 0.15) is 11.4 Å². The molecule has 0 saturated carbocycles. The van der Waals surface area contributed by atoms with Crippen LogP contribution in [0.5, 0.6) is 5.75 Å². The van der Waals surface area contributed by atoms with E-state index in [-0.39, 0.29) is 49.5 Å². The standard InChI is InChI=1S/C39H43Cl3N6O4/c1-8-30(52-31-16-15-24(38(4,5)9-2)20-27(31)39(6,7)10-3)36(50)44-26-14-11-13-23(19-26)35(49)45-34-33(47-18-12-17-43-47)37(51)48(46-34)32-28(41)21-25(40)22-29(32)42/h11-22,30,46H,8-10H2,1-7H3,(H,44,50)(H,45,49). The summed E-state index contributed by atoms with van der Waals surface area (Å²) in [4.78, 5) is 40.9. The second-order valence-electron chi connectivity index (χ2n) is 13.9. The second-order valence-corrected chi connectivity index (χ2v) is 15.1. The number of amides is 2. The molecule has 1 unspecified atom stereocenters. The van der Waals surface area contributed by atoms with Gasteiger partial charge in [0, 0.05) is 34.2 Å². The van der Waals surface area contributed by atoms with E-state index in [1.165, 1.54) is 28.6 Å². The fourth-order valence-corrected chi connectivity index (χ4v) is 6.62. The molecule has 0 bridgehead atoms. The van der Waals surface area contributed by atoms with E-state index in [1.54, 1.807) is 36.5 Å². The van der Waals surface area contributed by atoms with Crippen LogP contribution in [0.4, 0.5) is 11.5 Å². The monoisotopic (exact) mass is 764 g/mol. The molecule has 0 aliphatic heterocycles. The van der Waals surface area contributed by atoms with Crippen LogP contribution in [-0.2, 0) is 15.6 Å². The van der Waals surface area contributed by atoms with E-state index >= 15 is 0 Å². The number of hydrogen-bond acceptors (Lipinski definition) is 5.